The quantitative estimate of drug-likeness (QED) is 0.761. The summed E-state index contributed by atoms with van der Waals surface area (Å²) in [6, 6.07) is 1.64. The fourth-order valence-corrected chi connectivity index (χ4v) is 4.12. The first-order valence-electron chi connectivity index (χ1n) is 7.64. The van der Waals surface area contributed by atoms with Crippen LogP contribution in [0.3, 0.4) is 0 Å². The maximum atomic E-state index is 12.8. The van der Waals surface area contributed by atoms with Crippen molar-refractivity contribution >= 4 is 10.0 Å². The largest absolute Gasteiger partial charge is 0.464 e. The Bertz CT molecular complexity index is 533. The van der Waals surface area contributed by atoms with Crippen molar-refractivity contribution in [2.45, 2.75) is 52.0 Å². The van der Waals surface area contributed by atoms with Gasteiger partial charge in [0.25, 0.3) is 0 Å². The topological polar surface area (TPSA) is 62.6 Å². The van der Waals surface area contributed by atoms with E-state index < -0.39 is 10.0 Å². The number of rotatable bonds is 9. The number of hydrogen-bond acceptors (Lipinski definition) is 4. The zero-order valence-corrected chi connectivity index (χ0v) is 14.6. The van der Waals surface area contributed by atoms with Crippen LogP contribution in [-0.2, 0) is 16.6 Å². The summed E-state index contributed by atoms with van der Waals surface area (Å²) in [6.07, 6.45) is 1.97. The molecule has 0 amide bonds. The second kappa shape index (κ2) is 7.96. The molecule has 0 unspecified atom stereocenters. The van der Waals surface area contributed by atoms with E-state index in [0.717, 1.165) is 12.8 Å². The molecule has 0 atom stereocenters. The number of aryl methyl sites for hydroxylation is 1. The lowest BCUT2D eigenvalue weighted by Crippen LogP contribution is -2.35. The summed E-state index contributed by atoms with van der Waals surface area (Å²) >= 11 is 0. The maximum Gasteiger partial charge on any atom is 0.246 e. The summed E-state index contributed by atoms with van der Waals surface area (Å²) in [5, 5.41) is 2.97. The number of nitrogens with zero attached hydrogens (tertiary/aromatic N) is 1. The second-order valence-corrected chi connectivity index (χ2v) is 7.21. The molecule has 0 radical (unpaired) electrons. The molecule has 0 fully saturated rings. The fourth-order valence-electron chi connectivity index (χ4n) is 2.41. The molecule has 1 aromatic heterocycles. The van der Waals surface area contributed by atoms with Crippen molar-refractivity contribution in [2.24, 2.45) is 5.92 Å². The normalized spacial score (nSPS) is 12.5. The van der Waals surface area contributed by atoms with Gasteiger partial charge in [-0.25, -0.2) is 8.42 Å². The zero-order chi connectivity index (χ0) is 16.0. The molecular weight excluding hydrogens is 288 g/mol. The molecule has 122 valence electrons. The Morgan fingerprint density at radius 3 is 2.38 bits per heavy atom. The highest BCUT2D eigenvalue weighted by molar-refractivity contribution is 7.89. The van der Waals surface area contributed by atoms with E-state index in [1.807, 2.05) is 6.92 Å². The summed E-state index contributed by atoms with van der Waals surface area (Å²) in [7, 11) is -1.68. The predicted molar refractivity (Wildman–Crippen MR) is 84.7 cm³/mol. The van der Waals surface area contributed by atoms with Gasteiger partial charge in [-0.05, 0) is 19.9 Å². The smallest absolute Gasteiger partial charge is 0.246 e. The highest BCUT2D eigenvalue weighted by Crippen LogP contribution is 2.25. The van der Waals surface area contributed by atoms with Crippen LogP contribution < -0.4 is 5.32 Å². The third kappa shape index (κ3) is 4.31. The highest BCUT2D eigenvalue weighted by Gasteiger charge is 2.28. The minimum atomic E-state index is -3.48. The van der Waals surface area contributed by atoms with Crippen molar-refractivity contribution in [2.75, 3.05) is 20.1 Å². The van der Waals surface area contributed by atoms with Crippen molar-refractivity contribution in [1.29, 1.82) is 0 Å². The lowest BCUT2D eigenvalue weighted by molar-refractivity contribution is 0.338. The Labute approximate surface area is 128 Å². The Morgan fingerprint density at radius 2 is 1.90 bits per heavy atom. The first kappa shape index (κ1) is 18.2. The Balaban J connectivity index is 3.06. The van der Waals surface area contributed by atoms with Crippen LogP contribution in [0.15, 0.2) is 15.4 Å². The van der Waals surface area contributed by atoms with Crippen LogP contribution in [0.25, 0.3) is 0 Å². The van der Waals surface area contributed by atoms with Gasteiger partial charge in [-0.15, -0.1) is 0 Å². The van der Waals surface area contributed by atoms with E-state index >= 15 is 0 Å². The summed E-state index contributed by atoms with van der Waals surface area (Å²) in [6.45, 7) is 9.35. The molecule has 1 N–H and O–H groups in total. The molecule has 0 aliphatic carbocycles. The van der Waals surface area contributed by atoms with E-state index in [2.05, 4.69) is 19.2 Å². The molecule has 0 aliphatic rings. The lowest BCUT2D eigenvalue weighted by atomic mass is 10.0. The standard InChI is InChI=1S/C15H28N2O3S/c1-6-13(7-2)11-17(8-3)21(18,19)15-9-14(10-16-5)20-12(15)4/h9,13,16H,6-8,10-11H2,1-5H3. The van der Waals surface area contributed by atoms with Crippen molar-refractivity contribution in [3.63, 3.8) is 0 Å². The molecule has 1 rings (SSSR count). The molecule has 0 aliphatic heterocycles. The van der Waals surface area contributed by atoms with Crippen LogP contribution in [0.1, 0.15) is 45.1 Å². The van der Waals surface area contributed by atoms with Gasteiger partial charge in [0, 0.05) is 19.2 Å². The van der Waals surface area contributed by atoms with E-state index in [9.17, 15) is 8.42 Å². The highest BCUT2D eigenvalue weighted by atomic mass is 32.2. The minimum Gasteiger partial charge on any atom is -0.464 e. The molecule has 0 spiro atoms. The Hall–Kier alpha value is -0.850. The SMILES string of the molecule is CCC(CC)CN(CC)S(=O)(=O)c1cc(CNC)oc1C. The van der Waals surface area contributed by atoms with E-state index in [1.165, 1.54) is 0 Å². The van der Waals surface area contributed by atoms with Crippen molar-refractivity contribution in [3.05, 3.63) is 17.6 Å². The third-order valence-corrected chi connectivity index (χ3v) is 5.91. The molecule has 0 bridgehead atoms. The average Bonchev–Trinajstić information content (AvgIpc) is 2.82. The summed E-state index contributed by atoms with van der Waals surface area (Å²) in [4.78, 5) is 0.292. The monoisotopic (exact) mass is 316 g/mol. The van der Waals surface area contributed by atoms with E-state index in [1.54, 1.807) is 24.3 Å². The third-order valence-electron chi connectivity index (χ3n) is 3.86. The summed E-state index contributed by atoms with van der Waals surface area (Å²) in [5.41, 5.74) is 0. The first-order valence-corrected chi connectivity index (χ1v) is 9.08. The minimum absolute atomic E-state index is 0.292. The first-order chi connectivity index (χ1) is 9.90. The van der Waals surface area contributed by atoms with Gasteiger partial charge in [0.2, 0.25) is 10.0 Å². The van der Waals surface area contributed by atoms with E-state index in [-0.39, 0.29) is 0 Å². The van der Waals surface area contributed by atoms with Crippen LogP contribution in [0.5, 0.6) is 0 Å². The molecule has 1 heterocycles. The number of sulfonamides is 1. The second-order valence-electron chi connectivity index (χ2n) is 5.30. The zero-order valence-electron chi connectivity index (χ0n) is 13.8. The molecular formula is C15H28N2O3S. The molecule has 1 aromatic rings. The van der Waals surface area contributed by atoms with Crippen LogP contribution in [0.4, 0.5) is 0 Å². The van der Waals surface area contributed by atoms with Gasteiger partial charge >= 0.3 is 0 Å². The van der Waals surface area contributed by atoms with Crippen molar-refractivity contribution < 1.29 is 12.8 Å². The number of nitrogens with one attached hydrogen (secondary N) is 1. The summed E-state index contributed by atoms with van der Waals surface area (Å²) < 4.78 is 32.7. The van der Waals surface area contributed by atoms with Crippen LogP contribution >= 0.6 is 0 Å². The van der Waals surface area contributed by atoms with Gasteiger partial charge in [0.05, 0.1) is 6.54 Å². The summed E-state index contributed by atoms with van der Waals surface area (Å²) in [5.74, 6) is 1.50. The molecule has 5 nitrogen and oxygen atoms in total. The van der Waals surface area contributed by atoms with Gasteiger partial charge < -0.3 is 9.73 Å². The number of hydrogen-bond donors (Lipinski definition) is 1. The van der Waals surface area contributed by atoms with Crippen molar-refractivity contribution in [3.8, 4) is 0 Å². The van der Waals surface area contributed by atoms with Crippen LogP contribution in [0, 0.1) is 12.8 Å². The van der Waals surface area contributed by atoms with Crippen LogP contribution in [0.2, 0.25) is 0 Å². The van der Waals surface area contributed by atoms with Crippen molar-refractivity contribution in [1.82, 2.24) is 9.62 Å². The van der Waals surface area contributed by atoms with Gasteiger partial charge in [0.15, 0.2) is 0 Å². The van der Waals surface area contributed by atoms with Gasteiger partial charge in [-0.1, -0.05) is 33.6 Å². The average molecular weight is 316 g/mol. The van der Waals surface area contributed by atoms with E-state index in [0.29, 0.717) is 42.0 Å². The Kier molecular flexibility index (Phi) is 6.90. The molecule has 21 heavy (non-hydrogen) atoms. The van der Waals surface area contributed by atoms with Gasteiger partial charge in [-0.3, -0.25) is 0 Å². The van der Waals surface area contributed by atoms with Gasteiger partial charge in [-0.2, -0.15) is 4.31 Å². The Morgan fingerprint density at radius 1 is 1.29 bits per heavy atom. The van der Waals surface area contributed by atoms with E-state index in [4.69, 9.17) is 4.42 Å². The predicted octanol–water partition coefficient (Wildman–Crippen LogP) is 2.75. The number of furan rings is 1. The lowest BCUT2D eigenvalue weighted by Gasteiger charge is -2.24. The molecule has 0 aromatic carbocycles. The molecule has 6 heteroatoms. The van der Waals surface area contributed by atoms with Gasteiger partial charge in [0.1, 0.15) is 16.4 Å². The fraction of sp³-hybridized carbons (Fsp3) is 0.733. The molecule has 0 saturated carbocycles. The molecule has 0 saturated heterocycles. The maximum absolute atomic E-state index is 12.8. The van der Waals surface area contributed by atoms with Crippen LogP contribution in [-0.4, -0.2) is 32.9 Å².